The average Bonchev–Trinajstić information content (AvgIpc) is 2.61. The lowest BCUT2D eigenvalue weighted by Gasteiger charge is -2.32. The van der Waals surface area contributed by atoms with Gasteiger partial charge in [-0.3, -0.25) is 9.59 Å². The number of aryl methyl sites for hydroxylation is 2. The molecule has 6 nitrogen and oxygen atoms in total. The molecule has 1 amide bonds. The van der Waals surface area contributed by atoms with Crippen LogP contribution in [-0.2, 0) is 14.3 Å². The number of hydrogen-bond acceptors (Lipinski definition) is 6. The second-order valence-electron chi connectivity index (χ2n) is 6.48. The highest BCUT2D eigenvalue weighted by atomic mass is 32.2. The molecule has 0 aliphatic carbocycles. The van der Waals surface area contributed by atoms with Crippen molar-refractivity contribution in [2.45, 2.75) is 50.8 Å². The summed E-state index contributed by atoms with van der Waals surface area (Å²) in [4.78, 5) is 30.8. The van der Waals surface area contributed by atoms with Crippen molar-refractivity contribution in [3.63, 3.8) is 0 Å². The molecular weight excluding hydrogens is 350 g/mol. The minimum absolute atomic E-state index is 0.0159. The lowest BCUT2D eigenvalue weighted by Crippen LogP contribution is -2.43. The number of amides is 1. The Morgan fingerprint density at radius 3 is 2.65 bits per heavy atom. The van der Waals surface area contributed by atoms with Crippen molar-refractivity contribution in [3.05, 3.63) is 22.9 Å². The predicted octanol–water partition coefficient (Wildman–Crippen LogP) is 2.85. The monoisotopic (exact) mass is 375 g/mol. The molecule has 1 aromatic rings. The number of rotatable bonds is 5. The molecule has 1 fully saturated rings. The Balaban J connectivity index is 1.99. The molecule has 0 saturated carbocycles. The number of ether oxygens (including phenoxy) is 1. The van der Waals surface area contributed by atoms with Gasteiger partial charge in [-0.2, -0.15) is 5.26 Å². The number of nitrogens with zero attached hydrogens (tertiary/aromatic N) is 3. The van der Waals surface area contributed by atoms with Crippen LogP contribution in [0.5, 0.6) is 0 Å². The van der Waals surface area contributed by atoms with Gasteiger partial charge in [-0.15, -0.1) is 0 Å². The van der Waals surface area contributed by atoms with E-state index in [0.717, 1.165) is 11.3 Å². The van der Waals surface area contributed by atoms with Crippen LogP contribution in [0.2, 0.25) is 0 Å². The van der Waals surface area contributed by atoms with E-state index in [-0.39, 0.29) is 23.0 Å². The largest absolute Gasteiger partial charge is 0.466 e. The fourth-order valence-electron chi connectivity index (χ4n) is 3.09. The zero-order valence-electron chi connectivity index (χ0n) is 15.7. The Kier molecular flexibility index (Phi) is 7.04. The number of hydrogen-bond donors (Lipinski definition) is 0. The molecule has 2 rings (SSSR count). The number of aromatic nitrogens is 1. The summed E-state index contributed by atoms with van der Waals surface area (Å²) in [5, 5.41) is 9.64. The van der Waals surface area contributed by atoms with Crippen LogP contribution < -0.4 is 0 Å². The van der Waals surface area contributed by atoms with E-state index in [2.05, 4.69) is 11.1 Å². The third-order valence-corrected chi connectivity index (χ3v) is 5.56. The Bertz CT molecular complexity index is 721. The molecule has 1 unspecified atom stereocenters. The van der Waals surface area contributed by atoms with E-state index in [1.165, 1.54) is 11.8 Å². The molecule has 1 aliphatic rings. The summed E-state index contributed by atoms with van der Waals surface area (Å²) in [7, 11) is 0. The Morgan fingerprint density at radius 1 is 1.42 bits per heavy atom. The first-order valence-electron chi connectivity index (χ1n) is 8.87. The van der Waals surface area contributed by atoms with Crippen molar-refractivity contribution in [2.75, 3.05) is 19.7 Å². The van der Waals surface area contributed by atoms with E-state index in [1.807, 2.05) is 26.8 Å². The molecule has 0 bridgehead atoms. The number of carbonyl (C=O) groups is 2. The number of thioether (sulfide) groups is 1. The predicted molar refractivity (Wildman–Crippen MR) is 99.7 cm³/mol. The van der Waals surface area contributed by atoms with Gasteiger partial charge >= 0.3 is 5.97 Å². The number of piperidine rings is 1. The fraction of sp³-hybridized carbons (Fsp3) is 0.579. The maximum absolute atomic E-state index is 12.8. The van der Waals surface area contributed by atoms with E-state index in [0.29, 0.717) is 43.1 Å². The molecule has 2 heterocycles. The number of pyridine rings is 1. The highest BCUT2D eigenvalue weighted by Crippen LogP contribution is 2.29. The summed E-state index contributed by atoms with van der Waals surface area (Å²) in [6.07, 6.45) is 1.26. The van der Waals surface area contributed by atoms with Crippen molar-refractivity contribution in [1.29, 1.82) is 5.26 Å². The van der Waals surface area contributed by atoms with E-state index >= 15 is 0 Å². The summed E-state index contributed by atoms with van der Waals surface area (Å²) in [6, 6.07) is 4.06. The van der Waals surface area contributed by atoms with Crippen LogP contribution in [0.15, 0.2) is 11.1 Å². The van der Waals surface area contributed by atoms with Gasteiger partial charge in [0.1, 0.15) is 11.1 Å². The summed E-state index contributed by atoms with van der Waals surface area (Å²) >= 11 is 1.32. The van der Waals surface area contributed by atoms with E-state index in [1.54, 1.807) is 11.8 Å². The van der Waals surface area contributed by atoms with E-state index < -0.39 is 0 Å². The molecule has 1 aromatic heterocycles. The number of likely N-dealkylation sites (tertiary alicyclic amines) is 1. The normalized spacial score (nSPS) is 16.0. The highest BCUT2D eigenvalue weighted by molar-refractivity contribution is 8.00. The molecule has 1 aliphatic heterocycles. The Hall–Kier alpha value is -2.07. The highest BCUT2D eigenvalue weighted by Gasteiger charge is 2.30. The summed E-state index contributed by atoms with van der Waals surface area (Å²) in [6.45, 7) is 8.89. The van der Waals surface area contributed by atoms with Gasteiger partial charge in [-0.25, -0.2) is 4.98 Å². The topological polar surface area (TPSA) is 83.3 Å². The first-order chi connectivity index (χ1) is 12.4. The maximum Gasteiger partial charge on any atom is 0.309 e. The molecule has 0 radical (unpaired) electrons. The lowest BCUT2D eigenvalue weighted by molar-refractivity contribution is -0.151. The fourth-order valence-corrected chi connectivity index (χ4v) is 4.20. The van der Waals surface area contributed by atoms with Gasteiger partial charge in [0.15, 0.2) is 0 Å². The number of carbonyl (C=O) groups excluding carboxylic acids is 2. The number of esters is 1. The van der Waals surface area contributed by atoms with Crippen molar-refractivity contribution in [1.82, 2.24) is 9.88 Å². The van der Waals surface area contributed by atoms with E-state index in [9.17, 15) is 14.9 Å². The summed E-state index contributed by atoms with van der Waals surface area (Å²) in [5.74, 6) is -0.268. The summed E-state index contributed by atoms with van der Waals surface area (Å²) in [5.41, 5.74) is 2.23. The molecular formula is C19H25N3O3S. The smallest absolute Gasteiger partial charge is 0.309 e. The van der Waals surface area contributed by atoms with Crippen LogP contribution in [0.3, 0.4) is 0 Å². The Morgan fingerprint density at radius 2 is 2.08 bits per heavy atom. The third-order valence-electron chi connectivity index (χ3n) is 4.49. The van der Waals surface area contributed by atoms with Gasteiger partial charge in [0.2, 0.25) is 5.91 Å². The van der Waals surface area contributed by atoms with Crippen LogP contribution in [0.1, 0.15) is 43.5 Å². The van der Waals surface area contributed by atoms with Crippen molar-refractivity contribution in [2.24, 2.45) is 5.92 Å². The number of nitriles is 1. The van der Waals surface area contributed by atoms with Gasteiger partial charge in [-0.1, -0.05) is 11.8 Å². The first kappa shape index (κ1) is 20.2. The van der Waals surface area contributed by atoms with Crippen molar-refractivity contribution >= 4 is 23.6 Å². The molecule has 7 heteroatoms. The molecule has 0 aromatic carbocycles. The minimum atomic E-state index is -0.338. The molecule has 1 atom stereocenters. The zero-order valence-corrected chi connectivity index (χ0v) is 16.6. The van der Waals surface area contributed by atoms with Crippen LogP contribution in [0, 0.1) is 31.1 Å². The molecule has 140 valence electrons. The van der Waals surface area contributed by atoms with E-state index in [4.69, 9.17) is 4.74 Å². The van der Waals surface area contributed by atoms with Crippen LogP contribution >= 0.6 is 11.8 Å². The molecule has 0 N–H and O–H groups in total. The quantitative estimate of drug-likeness (QED) is 0.581. The molecule has 0 spiro atoms. The maximum atomic E-state index is 12.8. The van der Waals surface area contributed by atoms with Crippen molar-refractivity contribution in [3.8, 4) is 6.07 Å². The zero-order chi connectivity index (χ0) is 19.3. The van der Waals surface area contributed by atoms with Gasteiger partial charge in [0.05, 0.1) is 23.3 Å². The van der Waals surface area contributed by atoms with Gasteiger partial charge < -0.3 is 9.64 Å². The SMILES string of the molecule is CCOC(=O)C1CCN(C(=O)C(C)Sc2nc(C)cc(C)c2C#N)CC1. The van der Waals surface area contributed by atoms with Crippen molar-refractivity contribution < 1.29 is 14.3 Å². The van der Waals surface area contributed by atoms with Gasteiger partial charge in [0, 0.05) is 18.8 Å². The minimum Gasteiger partial charge on any atom is -0.466 e. The average molecular weight is 375 g/mol. The Labute approximate surface area is 158 Å². The summed E-state index contributed by atoms with van der Waals surface area (Å²) < 4.78 is 5.07. The molecule has 26 heavy (non-hydrogen) atoms. The second kappa shape index (κ2) is 9.04. The standard InChI is InChI=1S/C19H25N3O3S/c1-5-25-19(24)15-6-8-22(9-7-15)18(23)14(4)26-17-16(11-20)12(2)10-13(3)21-17/h10,14-15H,5-9H2,1-4H3. The van der Waals surface area contributed by atoms with Gasteiger partial charge in [0.25, 0.3) is 0 Å². The first-order valence-corrected chi connectivity index (χ1v) is 9.75. The lowest BCUT2D eigenvalue weighted by atomic mass is 9.97. The van der Waals surface area contributed by atoms with Crippen LogP contribution in [0.25, 0.3) is 0 Å². The van der Waals surface area contributed by atoms with Crippen LogP contribution in [-0.4, -0.2) is 46.7 Å². The second-order valence-corrected chi connectivity index (χ2v) is 7.81. The van der Waals surface area contributed by atoms with Gasteiger partial charge in [-0.05, 0) is 52.2 Å². The third kappa shape index (κ3) is 4.76. The molecule has 1 saturated heterocycles. The van der Waals surface area contributed by atoms with Crippen LogP contribution in [0.4, 0.5) is 0 Å².